The SMILES string of the molecule is C[C@@H](Cc1ccccc1)NNC(=O)C(=O)NN[C@@H](C)Cc1ccccc1. The maximum atomic E-state index is 11.8. The molecule has 0 aliphatic rings. The number of hydrazine groups is 2. The van der Waals surface area contributed by atoms with E-state index in [1.54, 1.807) is 0 Å². The molecule has 26 heavy (non-hydrogen) atoms. The van der Waals surface area contributed by atoms with E-state index in [9.17, 15) is 9.59 Å². The summed E-state index contributed by atoms with van der Waals surface area (Å²) in [5.74, 6) is -1.46. The van der Waals surface area contributed by atoms with Crippen molar-refractivity contribution in [3.63, 3.8) is 0 Å². The fourth-order valence-electron chi connectivity index (χ4n) is 2.53. The molecule has 0 heterocycles. The molecular weight excluding hydrogens is 328 g/mol. The first-order valence-electron chi connectivity index (χ1n) is 8.74. The minimum absolute atomic E-state index is 0.000821. The Balaban J connectivity index is 1.66. The van der Waals surface area contributed by atoms with Gasteiger partial charge in [0.15, 0.2) is 0 Å². The van der Waals surface area contributed by atoms with Gasteiger partial charge in [0.25, 0.3) is 0 Å². The summed E-state index contributed by atoms with van der Waals surface area (Å²) < 4.78 is 0. The number of carbonyl (C=O) groups excluding carboxylic acids is 2. The van der Waals surface area contributed by atoms with Crippen LogP contribution in [-0.4, -0.2) is 23.9 Å². The normalized spacial score (nSPS) is 12.8. The molecule has 2 amide bonds. The lowest BCUT2D eigenvalue weighted by Crippen LogP contribution is -2.54. The maximum absolute atomic E-state index is 11.8. The quantitative estimate of drug-likeness (QED) is 0.428. The zero-order valence-electron chi connectivity index (χ0n) is 15.2. The van der Waals surface area contributed by atoms with Crippen LogP contribution in [0.5, 0.6) is 0 Å². The number of rotatable bonds is 8. The molecule has 0 saturated heterocycles. The molecule has 0 unspecified atom stereocenters. The van der Waals surface area contributed by atoms with Crippen molar-refractivity contribution >= 4 is 11.8 Å². The highest BCUT2D eigenvalue weighted by Gasteiger charge is 2.15. The van der Waals surface area contributed by atoms with E-state index in [0.29, 0.717) is 0 Å². The molecule has 0 aromatic heterocycles. The summed E-state index contributed by atoms with van der Waals surface area (Å²) in [4.78, 5) is 23.7. The molecule has 0 spiro atoms. The topological polar surface area (TPSA) is 82.3 Å². The Bertz CT molecular complexity index is 630. The third kappa shape index (κ3) is 7.04. The van der Waals surface area contributed by atoms with Gasteiger partial charge >= 0.3 is 11.8 Å². The van der Waals surface area contributed by atoms with Gasteiger partial charge in [0, 0.05) is 12.1 Å². The highest BCUT2D eigenvalue weighted by atomic mass is 16.2. The third-order valence-corrected chi connectivity index (χ3v) is 3.84. The summed E-state index contributed by atoms with van der Waals surface area (Å²) in [6.07, 6.45) is 1.49. The Morgan fingerprint density at radius 2 is 1.04 bits per heavy atom. The zero-order chi connectivity index (χ0) is 18.8. The van der Waals surface area contributed by atoms with E-state index in [-0.39, 0.29) is 12.1 Å². The highest BCUT2D eigenvalue weighted by molar-refractivity contribution is 6.34. The third-order valence-electron chi connectivity index (χ3n) is 3.84. The molecule has 0 aliphatic heterocycles. The molecule has 2 atom stereocenters. The van der Waals surface area contributed by atoms with E-state index in [1.807, 2.05) is 74.5 Å². The molecule has 0 bridgehead atoms. The summed E-state index contributed by atoms with van der Waals surface area (Å²) in [7, 11) is 0. The maximum Gasteiger partial charge on any atom is 0.324 e. The molecule has 0 aliphatic carbocycles. The second-order valence-electron chi connectivity index (χ2n) is 6.38. The number of benzene rings is 2. The standard InChI is InChI=1S/C20H26N4O2/c1-15(13-17-9-5-3-6-10-17)21-23-19(25)20(26)24-22-16(2)14-18-11-7-4-8-12-18/h3-12,15-16,21-22H,13-14H2,1-2H3,(H,23,25)(H,24,26)/t15-,16-/m0/s1. The lowest BCUT2D eigenvalue weighted by atomic mass is 10.1. The van der Waals surface area contributed by atoms with Gasteiger partial charge in [0.1, 0.15) is 0 Å². The van der Waals surface area contributed by atoms with E-state index < -0.39 is 11.8 Å². The van der Waals surface area contributed by atoms with Crippen molar-refractivity contribution in [2.24, 2.45) is 0 Å². The molecule has 138 valence electrons. The van der Waals surface area contributed by atoms with Gasteiger partial charge in [-0.05, 0) is 37.8 Å². The molecule has 4 N–H and O–H groups in total. The summed E-state index contributed by atoms with van der Waals surface area (Å²) in [6, 6.07) is 19.9. The number of carbonyl (C=O) groups is 2. The molecule has 0 radical (unpaired) electrons. The van der Waals surface area contributed by atoms with Crippen molar-refractivity contribution in [2.75, 3.05) is 0 Å². The van der Waals surface area contributed by atoms with Crippen LogP contribution in [0.4, 0.5) is 0 Å². The monoisotopic (exact) mass is 354 g/mol. The van der Waals surface area contributed by atoms with Gasteiger partial charge in [-0.25, -0.2) is 10.9 Å². The second-order valence-corrected chi connectivity index (χ2v) is 6.38. The van der Waals surface area contributed by atoms with E-state index in [2.05, 4.69) is 21.7 Å². The van der Waals surface area contributed by atoms with Crippen molar-refractivity contribution in [1.29, 1.82) is 0 Å². The minimum Gasteiger partial charge on any atom is -0.283 e. The highest BCUT2D eigenvalue weighted by Crippen LogP contribution is 2.02. The average molecular weight is 354 g/mol. The van der Waals surface area contributed by atoms with Crippen molar-refractivity contribution < 1.29 is 9.59 Å². The minimum atomic E-state index is -0.732. The molecule has 6 heteroatoms. The smallest absolute Gasteiger partial charge is 0.283 e. The summed E-state index contributed by atoms with van der Waals surface area (Å²) in [5, 5.41) is 0. The Hall–Kier alpha value is -2.70. The Labute approximate surface area is 154 Å². The summed E-state index contributed by atoms with van der Waals surface area (Å²) in [6.45, 7) is 3.87. The van der Waals surface area contributed by atoms with Crippen LogP contribution in [0, 0.1) is 0 Å². The number of hydrogen-bond acceptors (Lipinski definition) is 4. The predicted molar refractivity (Wildman–Crippen MR) is 102 cm³/mol. The van der Waals surface area contributed by atoms with Crippen LogP contribution in [0.3, 0.4) is 0 Å². The van der Waals surface area contributed by atoms with Crippen molar-refractivity contribution in [3.8, 4) is 0 Å². The Kier molecular flexibility index (Phi) is 7.79. The Morgan fingerprint density at radius 1 is 0.692 bits per heavy atom. The van der Waals surface area contributed by atoms with Gasteiger partial charge in [-0.2, -0.15) is 0 Å². The van der Waals surface area contributed by atoms with Crippen LogP contribution in [-0.2, 0) is 22.4 Å². The number of amides is 2. The van der Waals surface area contributed by atoms with Crippen molar-refractivity contribution in [2.45, 2.75) is 38.8 Å². The van der Waals surface area contributed by atoms with E-state index in [4.69, 9.17) is 0 Å². The second kappa shape index (κ2) is 10.3. The summed E-state index contributed by atoms with van der Waals surface area (Å²) >= 11 is 0. The number of nitrogens with one attached hydrogen (secondary N) is 4. The predicted octanol–water partition coefficient (Wildman–Crippen LogP) is 1.49. The summed E-state index contributed by atoms with van der Waals surface area (Å²) in [5.41, 5.74) is 12.9. The van der Waals surface area contributed by atoms with Crippen LogP contribution in [0.15, 0.2) is 60.7 Å². The fraction of sp³-hybridized carbons (Fsp3) is 0.300. The molecule has 0 fully saturated rings. The lowest BCUT2D eigenvalue weighted by Gasteiger charge is -2.16. The van der Waals surface area contributed by atoms with Crippen LogP contribution in [0.25, 0.3) is 0 Å². The molecule has 2 aromatic rings. The first-order chi connectivity index (χ1) is 12.5. The largest absolute Gasteiger partial charge is 0.324 e. The van der Waals surface area contributed by atoms with Crippen molar-refractivity contribution in [3.05, 3.63) is 71.8 Å². The Morgan fingerprint density at radius 3 is 1.38 bits per heavy atom. The van der Waals surface area contributed by atoms with Gasteiger partial charge in [0.05, 0.1) is 0 Å². The van der Waals surface area contributed by atoms with Gasteiger partial charge in [-0.15, -0.1) is 0 Å². The van der Waals surface area contributed by atoms with Crippen LogP contribution in [0.2, 0.25) is 0 Å². The van der Waals surface area contributed by atoms with Gasteiger partial charge < -0.3 is 0 Å². The molecule has 2 rings (SSSR count). The van der Waals surface area contributed by atoms with Gasteiger partial charge in [0.2, 0.25) is 0 Å². The molecule has 6 nitrogen and oxygen atoms in total. The van der Waals surface area contributed by atoms with Crippen LogP contribution >= 0.6 is 0 Å². The fourth-order valence-corrected chi connectivity index (χ4v) is 2.53. The van der Waals surface area contributed by atoms with E-state index in [1.165, 1.54) is 0 Å². The number of hydrogen-bond donors (Lipinski definition) is 4. The van der Waals surface area contributed by atoms with Crippen molar-refractivity contribution in [1.82, 2.24) is 21.7 Å². The van der Waals surface area contributed by atoms with Gasteiger partial charge in [-0.3, -0.25) is 20.4 Å². The first-order valence-corrected chi connectivity index (χ1v) is 8.74. The molecule has 2 aromatic carbocycles. The zero-order valence-corrected chi connectivity index (χ0v) is 15.2. The molecular formula is C20H26N4O2. The van der Waals surface area contributed by atoms with Crippen LogP contribution < -0.4 is 21.7 Å². The molecule has 0 saturated carbocycles. The lowest BCUT2D eigenvalue weighted by molar-refractivity contribution is -0.140. The van der Waals surface area contributed by atoms with E-state index in [0.717, 1.165) is 24.0 Å². The first kappa shape index (κ1) is 19.6. The van der Waals surface area contributed by atoms with Crippen LogP contribution in [0.1, 0.15) is 25.0 Å². The van der Waals surface area contributed by atoms with Gasteiger partial charge in [-0.1, -0.05) is 60.7 Å². The van der Waals surface area contributed by atoms with E-state index >= 15 is 0 Å². The average Bonchev–Trinajstić information content (AvgIpc) is 2.65.